The van der Waals surface area contributed by atoms with Crippen molar-refractivity contribution in [2.45, 2.75) is 20.4 Å². The first kappa shape index (κ1) is 19.8. The highest BCUT2D eigenvalue weighted by molar-refractivity contribution is 7.18. The van der Waals surface area contributed by atoms with Crippen molar-refractivity contribution in [2.24, 2.45) is 5.92 Å². The van der Waals surface area contributed by atoms with Crippen LogP contribution in [0, 0.1) is 5.92 Å². The van der Waals surface area contributed by atoms with Crippen molar-refractivity contribution in [1.82, 2.24) is 19.4 Å². The summed E-state index contributed by atoms with van der Waals surface area (Å²) in [4.78, 5) is 47.5. The zero-order valence-corrected chi connectivity index (χ0v) is 18.0. The first-order valence-corrected chi connectivity index (χ1v) is 11.3. The van der Waals surface area contributed by atoms with Crippen molar-refractivity contribution in [2.75, 3.05) is 26.2 Å². The maximum absolute atomic E-state index is 13.1. The third-order valence-corrected chi connectivity index (χ3v) is 6.88. The van der Waals surface area contributed by atoms with Crippen LogP contribution in [0.5, 0.6) is 0 Å². The molecule has 2 amide bonds. The van der Waals surface area contributed by atoms with Gasteiger partial charge in [0.15, 0.2) is 0 Å². The molecule has 1 aliphatic heterocycles. The molecule has 0 unspecified atom stereocenters. The molecule has 0 radical (unpaired) electrons. The number of aromatic nitrogens is 2. The summed E-state index contributed by atoms with van der Waals surface area (Å²) in [6, 6.07) is 3.93. The van der Waals surface area contributed by atoms with Gasteiger partial charge in [-0.25, -0.2) is 4.98 Å². The molecule has 1 fully saturated rings. The third kappa shape index (κ3) is 3.84. The molecule has 1 aliphatic rings. The molecule has 152 valence electrons. The van der Waals surface area contributed by atoms with Crippen LogP contribution in [-0.2, 0) is 16.1 Å². The van der Waals surface area contributed by atoms with Gasteiger partial charge in [0.25, 0.3) is 5.56 Å². The van der Waals surface area contributed by atoms with Gasteiger partial charge in [-0.05, 0) is 11.4 Å². The van der Waals surface area contributed by atoms with Gasteiger partial charge in [-0.3, -0.25) is 19.0 Å². The molecule has 7 nitrogen and oxygen atoms in total. The SMILES string of the molecule is CC(C)C(=O)N1CCN(C(=O)Cn2cnc3scc(-c4cccs4)c3c2=O)CC1. The minimum Gasteiger partial charge on any atom is -0.339 e. The molecule has 0 bridgehead atoms. The van der Waals surface area contributed by atoms with Crippen LogP contribution < -0.4 is 5.56 Å². The van der Waals surface area contributed by atoms with E-state index in [0.29, 0.717) is 36.4 Å². The Labute approximate surface area is 176 Å². The average molecular weight is 431 g/mol. The summed E-state index contributed by atoms with van der Waals surface area (Å²) in [5.41, 5.74) is 0.682. The standard InChI is InChI=1S/C20H22N4O3S2/c1-13(2)19(26)23-7-5-22(6-8-23)16(25)10-24-12-21-18-17(20(24)27)14(11-29-18)15-4-3-9-28-15/h3-4,9,11-13H,5-8,10H2,1-2H3. The van der Waals surface area contributed by atoms with Gasteiger partial charge in [-0.1, -0.05) is 19.9 Å². The van der Waals surface area contributed by atoms with E-state index in [1.165, 1.54) is 22.2 Å². The molecule has 29 heavy (non-hydrogen) atoms. The molecule has 9 heteroatoms. The molecule has 0 spiro atoms. The van der Waals surface area contributed by atoms with Crippen molar-refractivity contribution in [1.29, 1.82) is 0 Å². The second-order valence-corrected chi connectivity index (χ2v) is 9.15. The number of carbonyl (C=O) groups is 2. The van der Waals surface area contributed by atoms with Gasteiger partial charge in [-0.15, -0.1) is 22.7 Å². The van der Waals surface area contributed by atoms with Crippen LogP contribution in [-0.4, -0.2) is 57.3 Å². The molecule has 0 atom stereocenters. The Bertz CT molecular complexity index is 1090. The Morgan fingerprint density at radius 3 is 2.52 bits per heavy atom. The normalized spacial score (nSPS) is 14.7. The monoisotopic (exact) mass is 430 g/mol. The molecule has 4 rings (SSSR count). The van der Waals surface area contributed by atoms with E-state index in [9.17, 15) is 14.4 Å². The number of fused-ring (bicyclic) bond motifs is 1. The predicted molar refractivity (Wildman–Crippen MR) is 115 cm³/mol. The summed E-state index contributed by atoms with van der Waals surface area (Å²) in [5.74, 6) is -0.0592. The Balaban J connectivity index is 1.51. The molecule has 0 aliphatic carbocycles. The number of piperazine rings is 1. The van der Waals surface area contributed by atoms with E-state index in [2.05, 4.69) is 4.98 Å². The van der Waals surface area contributed by atoms with Gasteiger partial charge < -0.3 is 9.80 Å². The smallest absolute Gasteiger partial charge is 0.263 e. The lowest BCUT2D eigenvalue weighted by Crippen LogP contribution is -2.52. The molecule has 0 saturated carbocycles. The predicted octanol–water partition coefficient (Wildman–Crippen LogP) is 2.51. The quantitative estimate of drug-likeness (QED) is 0.637. The summed E-state index contributed by atoms with van der Waals surface area (Å²) >= 11 is 3.01. The van der Waals surface area contributed by atoms with E-state index >= 15 is 0 Å². The molecule has 0 aromatic carbocycles. The van der Waals surface area contributed by atoms with E-state index in [1.807, 2.05) is 36.7 Å². The fourth-order valence-corrected chi connectivity index (χ4v) is 5.20. The number of hydrogen-bond donors (Lipinski definition) is 0. The van der Waals surface area contributed by atoms with Crippen LogP contribution in [0.4, 0.5) is 0 Å². The zero-order chi connectivity index (χ0) is 20.5. The minimum absolute atomic E-state index is 0.0420. The minimum atomic E-state index is -0.193. The van der Waals surface area contributed by atoms with Crippen molar-refractivity contribution >= 4 is 44.7 Å². The van der Waals surface area contributed by atoms with Gasteiger partial charge in [0, 0.05) is 47.9 Å². The molecular formula is C20H22N4O3S2. The maximum Gasteiger partial charge on any atom is 0.263 e. The maximum atomic E-state index is 13.1. The molecule has 3 aromatic rings. The molecule has 0 N–H and O–H groups in total. The second-order valence-electron chi connectivity index (χ2n) is 7.35. The van der Waals surface area contributed by atoms with Gasteiger partial charge in [0.1, 0.15) is 11.4 Å². The topological polar surface area (TPSA) is 75.5 Å². The lowest BCUT2D eigenvalue weighted by atomic mass is 10.1. The summed E-state index contributed by atoms with van der Waals surface area (Å²) < 4.78 is 1.39. The molecule has 4 heterocycles. The number of hydrogen-bond acceptors (Lipinski definition) is 6. The van der Waals surface area contributed by atoms with Crippen LogP contribution in [0.1, 0.15) is 13.8 Å². The largest absolute Gasteiger partial charge is 0.339 e. The summed E-state index contributed by atoms with van der Waals surface area (Å²) in [6.07, 6.45) is 1.45. The van der Waals surface area contributed by atoms with Gasteiger partial charge in [0.2, 0.25) is 11.8 Å². The highest BCUT2D eigenvalue weighted by atomic mass is 32.1. The number of rotatable bonds is 4. The van der Waals surface area contributed by atoms with E-state index in [4.69, 9.17) is 0 Å². The fourth-order valence-electron chi connectivity index (χ4n) is 3.48. The van der Waals surface area contributed by atoms with Gasteiger partial charge in [-0.2, -0.15) is 0 Å². The van der Waals surface area contributed by atoms with Crippen LogP contribution in [0.15, 0.2) is 34.0 Å². The molecule has 3 aromatic heterocycles. The number of thiophene rings is 2. The van der Waals surface area contributed by atoms with E-state index < -0.39 is 0 Å². The van der Waals surface area contributed by atoms with Crippen LogP contribution in [0.2, 0.25) is 0 Å². The Hall–Kier alpha value is -2.52. The van der Waals surface area contributed by atoms with Crippen LogP contribution >= 0.6 is 22.7 Å². The third-order valence-electron chi connectivity index (χ3n) is 5.09. The summed E-state index contributed by atoms with van der Waals surface area (Å²) in [7, 11) is 0. The number of amides is 2. The van der Waals surface area contributed by atoms with Crippen molar-refractivity contribution in [3.8, 4) is 10.4 Å². The van der Waals surface area contributed by atoms with E-state index in [0.717, 1.165) is 10.4 Å². The molecule has 1 saturated heterocycles. The van der Waals surface area contributed by atoms with Gasteiger partial charge >= 0.3 is 0 Å². The number of carbonyl (C=O) groups excluding carboxylic acids is 2. The second kappa shape index (κ2) is 8.08. The Morgan fingerprint density at radius 1 is 1.14 bits per heavy atom. The van der Waals surface area contributed by atoms with Crippen molar-refractivity contribution in [3.63, 3.8) is 0 Å². The van der Waals surface area contributed by atoms with E-state index in [-0.39, 0.29) is 29.8 Å². The van der Waals surface area contributed by atoms with Crippen molar-refractivity contribution < 1.29 is 9.59 Å². The molecular weight excluding hydrogens is 408 g/mol. The number of nitrogens with zero attached hydrogens (tertiary/aromatic N) is 4. The fraction of sp³-hybridized carbons (Fsp3) is 0.400. The lowest BCUT2D eigenvalue weighted by Gasteiger charge is -2.35. The van der Waals surface area contributed by atoms with Gasteiger partial charge in [0.05, 0.1) is 11.7 Å². The van der Waals surface area contributed by atoms with Crippen LogP contribution in [0.3, 0.4) is 0 Å². The van der Waals surface area contributed by atoms with Crippen molar-refractivity contribution in [3.05, 3.63) is 39.6 Å². The van der Waals surface area contributed by atoms with Crippen LogP contribution in [0.25, 0.3) is 20.7 Å². The average Bonchev–Trinajstić information content (AvgIpc) is 3.39. The Morgan fingerprint density at radius 2 is 1.86 bits per heavy atom. The van der Waals surface area contributed by atoms with E-state index in [1.54, 1.807) is 21.1 Å². The Kier molecular flexibility index (Phi) is 5.51. The first-order valence-electron chi connectivity index (χ1n) is 9.52. The lowest BCUT2D eigenvalue weighted by molar-refractivity contribution is -0.141. The summed E-state index contributed by atoms with van der Waals surface area (Å²) in [5, 5.41) is 4.49. The highest BCUT2D eigenvalue weighted by Gasteiger charge is 2.26. The zero-order valence-electron chi connectivity index (χ0n) is 16.3. The first-order chi connectivity index (χ1) is 14.0. The highest BCUT2D eigenvalue weighted by Crippen LogP contribution is 2.33. The summed E-state index contributed by atoms with van der Waals surface area (Å²) in [6.45, 7) is 5.75.